The lowest BCUT2D eigenvalue weighted by atomic mass is 10.0. The van der Waals surface area contributed by atoms with Crippen LogP contribution in [0.25, 0.3) is 11.1 Å². The standard InChI is InChI=1S/C12H10N2O2/c1-8-2-3-13-7-11(8)9-4-10(12(15)16)6-14-5-9/h2-7H,1H3,(H,15,16). The second-order valence-corrected chi connectivity index (χ2v) is 3.46. The summed E-state index contributed by atoms with van der Waals surface area (Å²) in [5, 5.41) is 8.87. The van der Waals surface area contributed by atoms with Crippen molar-refractivity contribution in [3.05, 3.63) is 48.0 Å². The Morgan fingerprint density at radius 2 is 2.06 bits per heavy atom. The highest BCUT2D eigenvalue weighted by atomic mass is 16.4. The maximum atomic E-state index is 10.8. The second kappa shape index (κ2) is 4.10. The number of hydrogen-bond acceptors (Lipinski definition) is 3. The molecule has 0 aliphatic heterocycles. The molecule has 0 unspecified atom stereocenters. The lowest BCUT2D eigenvalue weighted by Gasteiger charge is -2.04. The van der Waals surface area contributed by atoms with Crippen LogP contribution in [-0.2, 0) is 0 Å². The highest BCUT2D eigenvalue weighted by molar-refractivity contribution is 5.88. The van der Waals surface area contributed by atoms with Crippen molar-refractivity contribution in [1.29, 1.82) is 0 Å². The van der Waals surface area contributed by atoms with Gasteiger partial charge in [-0.1, -0.05) is 0 Å². The summed E-state index contributed by atoms with van der Waals surface area (Å²) in [4.78, 5) is 18.7. The molecular formula is C12H10N2O2. The van der Waals surface area contributed by atoms with Crippen molar-refractivity contribution in [2.45, 2.75) is 6.92 Å². The first-order chi connectivity index (χ1) is 7.68. The van der Waals surface area contributed by atoms with Gasteiger partial charge in [0.05, 0.1) is 5.56 Å². The van der Waals surface area contributed by atoms with Crippen LogP contribution >= 0.6 is 0 Å². The van der Waals surface area contributed by atoms with Gasteiger partial charge >= 0.3 is 5.97 Å². The Morgan fingerprint density at radius 1 is 1.25 bits per heavy atom. The highest BCUT2D eigenvalue weighted by Crippen LogP contribution is 2.21. The lowest BCUT2D eigenvalue weighted by molar-refractivity contribution is 0.0696. The van der Waals surface area contributed by atoms with E-state index in [1.807, 2.05) is 13.0 Å². The van der Waals surface area contributed by atoms with Crippen molar-refractivity contribution in [3.63, 3.8) is 0 Å². The minimum Gasteiger partial charge on any atom is -0.478 e. The third kappa shape index (κ3) is 1.91. The molecule has 0 aliphatic rings. The van der Waals surface area contributed by atoms with E-state index in [1.54, 1.807) is 24.7 Å². The number of carbonyl (C=O) groups is 1. The molecule has 0 aromatic carbocycles. The van der Waals surface area contributed by atoms with Crippen LogP contribution in [0, 0.1) is 6.92 Å². The van der Waals surface area contributed by atoms with Crippen molar-refractivity contribution in [1.82, 2.24) is 9.97 Å². The van der Waals surface area contributed by atoms with E-state index < -0.39 is 5.97 Å². The van der Waals surface area contributed by atoms with Gasteiger partial charge in [0.15, 0.2) is 0 Å². The van der Waals surface area contributed by atoms with Gasteiger partial charge in [0.25, 0.3) is 0 Å². The van der Waals surface area contributed by atoms with E-state index in [4.69, 9.17) is 5.11 Å². The summed E-state index contributed by atoms with van der Waals surface area (Å²) in [6.45, 7) is 1.95. The topological polar surface area (TPSA) is 63.1 Å². The number of aromatic carboxylic acids is 1. The molecule has 0 aliphatic carbocycles. The monoisotopic (exact) mass is 214 g/mol. The Hall–Kier alpha value is -2.23. The fraction of sp³-hybridized carbons (Fsp3) is 0.0833. The number of rotatable bonds is 2. The summed E-state index contributed by atoms with van der Waals surface area (Å²) in [6.07, 6.45) is 6.37. The predicted octanol–water partition coefficient (Wildman–Crippen LogP) is 2.15. The molecule has 1 N–H and O–H groups in total. The quantitative estimate of drug-likeness (QED) is 0.831. The minimum absolute atomic E-state index is 0.181. The summed E-state index contributed by atoms with van der Waals surface area (Å²) in [6, 6.07) is 3.47. The van der Waals surface area contributed by atoms with Crippen LogP contribution < -0.4 is 0 Å². The number of carboxylic acids is 1. The minimum atomic E-state index is -0.976. The van der Waals surface area contributed by atoms with Crippen LogP contribution in [0.3, 0.4) is 0 Å². The summed E-state index contributed by atoms with van der Waals surface area (Å²) in [5.41, 5.74) is 2.89. The summed E-state index contributed by atoms with van der Waals surface area (Å²) >= 11 is 0. The van der Waals surface area contributed by atoms with E-state index in [2.05, 4.69) is 9.97 Å². The third-order valence-electron chi connectivity index (χ3n) is 2.34. The molecular weight excluding hydrogens is 204 g/mol. The van der Waals surface area contributed by atoms with Crippen molar-refractivity contribution in [2.24, 2.45) is 0 Å². The van der Waals surface area contributed by atoms with Gasteiger partial charge in [0.2, 0.25) is 0 Å². The maximum absolute atomic E-state index is 10.8. The SMILES string of the molecule is Cc1ccncc1-c1cncc(C(=O)O)c1. The Morgan fingerprint density at radius 3 is 2.75 bits per heavy atom. The van der Waals surface area contributed by atoms with Crippen LogP contribution in [0.1, 0.15) is 15.9 Å². The molecule has 0 bridgehead atoms. The van der Waals surface area contributed by atoms with Crippen molar-refractivity contribution < 1.29 is 9.90 Å². The van der Waals surface area contributed by atoms with Gasteiger partial charge in [-0.25, -0.2) is 4.79 Å². The number of aryl methyl sites for hydroxylation is 1. The van der Waals surface area contributed by atoms with Crippen LogP contribution in [0.4, 0.5) is 0 Å². The van der Waals surface area contributed by atoms with E-state index in [-0.39, 0.29) is 5.56 Å². The first-order valence-corrected chi connectivity index (χ1v) is 4.78. The molecule has 0 spiro atoms. The van der Waals surface area contributed by atoms with Crippen molar-refractivity contribution >= 4 is 5.97 Å². The number of hydrogen-bond donors (Lipinski definition) is 1. The van der Waals surface area contributed by atoms with E-state index in [0.717, 1.165) is 16.7 Å². The molecule has 0 saturated heterocycles. The van der Waals surface area contributed by atoms with Gasteiger partial charge in [-0.2, -0.15) is 0 Å². The smallest absolute Gasteiger partial charge is 0.337 e. The molecule has 16 heavy (non-hydrogen) atoms. The van der Waals surface area contributed by atoms with Gasteiger partial charge in [-0.05, 0) is 24.6 Å². The largest absolute Gasteiger partial charge is 0.478 e. The second-order valence-electron chi connectivity index (χ2n) is 3.46. The normalized spacial score (nSPS) is 10.1. The van der Waals surface area contributed by atoms with Gasteiger partial charge in [0, 0.05) is 35.9 Å². The molecule has 4 nitrogen and oxygen atoms in total. The zero-order valence-corrected chi connectivity index (χ0v) is 8.71. The van der Waals surface area contributed by atoms with Gasteiger partial charge in [-0.3, -0.25) is 9.97 Å². The fourth-order valence-corrected chi connectivity index (χ4v) is 1.47. The van der Waals surface area contributed by atoms with E-state index in [0.29, 0.717) is 0 Å². The number of aromatic nitrogens is 2. The molecule has 4 heteroatoms. The first kappa shape index (κ1) is 10.3. The first-order valence-electron chi connectivity index (χ1n) is 4.78. The average molecular weight is 214 g/mol. The summed E-state index contributed by atoms with van der Waals surface area (Å²) in [5.74, 6) is -0.976. The van der Waals surface area contributed by atoms with Gasteiger partial charge in [0.1, 0.15) is 0 Å². The molecule has 2 aromatic heterocycles. The molecule has 2 heterocycles. The van der Waals surface area contributed by atoms with E-state index >= 15 is 0 Å². The number of nitrogens with zero attached hydrogens (tertiary/aromatic N) is 2. The molecule has 0 saturated carbocycles. The Labute approximate surface area is 92.6 Å². The maximum Gasteiger partial charge on any atom is 0.337 e. The number of carboxylic acid groups (broad SMARTS) is 1. The van der Waals surface area contributed by atoms with E-state index in [9.17, 15) is 4.79 Å². The Bertz CT molecular complexity index is 538. The van der Waals surface area contributed by atoms with Gasteiger partial charge in [-0.15, -0.1) is 0 Å². The van der Waals surface area contributed by atoms with E-state index in [1.165, 1.54) is 6.20 Å². The third-order valence-corrected chi connectivity index (χ3v) is 2.34. The predicted molar refractivity (Wildman–Crippen MR) is 59.2 cm³/mol. The van der Waals surface area contributed by atoms with Crippen LogP contribution in [-0.4, -0.2) is 21.0 Å². The summed E-state index contributed by atoms with van der Waals surface area (Å²) < 4.78 is 0. The molecule has 80 valence electrons. The van der Waals surface area contributed by atoms with Crippen LogP contribution in [0.5, 0.6) is 0 Å². The Kier molecular flexibility index (Phi) is 2.64. The average Bonchev–Trinajstić information content (AvgIpc) is 2.30. The molecule has 0 fully saturated rings. The van der Waals surface area contributed by atoms with Crippen molar-refractivity contribution in [2.75, 3.05) is 0 Å². The Balaban J connectivity index is 2.53. The van der Waals surface area contributed by atoms with Gasteiger partial charge < -0.3 is 5.11 Å². The molecule has 0 radical (unpaired) electrons. The van der Waals surface area contributed by atoms with Crippen molar-refractivity contribution in [3.8, 4) is 11.1 Å². The molecule has 0 atom stereocenters. The zero-order valence-electron chi connectivity index (χ0n) is 8.71. The molecule has 0 amide bonds. The fourth-order valence-electron chi connectivity index (χ4n) is 1.47. The molecule has 2 aromatic rings. The lowest BCUT2D eigenvalue weighted by Crippen LogP contribution is -1.97. The molecule has 2 rings (SSSR count). The van der Waals surface area contributed by atoms with Crippen LogP contribution in [0.15, 0.2) is 36.9 Å². The summed E-state index contributed by atoms with van der Waals surface area (Å²) in [7, 11) is 0. The van der Waals surface area contributed by atoms with Crippen LogP contribution in [0.2, 0.25) is 0 Å². The highest BCUT2D eigenvalue weighted by Gasteiger charge is 2.07. The number of pyridine rings is 2. The zero-order chi connectivity index (χ0) is 11.5.